The van der Waals surface area contributed by atoms with Gasteiger partial charge in [-0.2, -0.15) is 0 Å². The molecule has 90 valence electrons. The molecule has 0 aliphatic rings. The van der Waals surface area contributed by atoms with Gasteiger partial charge in [-0.3, -0.25) is 3.97 Å². The molecule has 0 fully saturated rings. The molecule has 0 saturated heterocycles. The molecule has 0 spiro atoms. The van der Waals surface area contributed by atoms with Gasteiger partial charge in [0.15, 0.2) is 0 Å². The third kappa shape index (κ3) is 2.75. The van der Waals surface area contributed by atoms with Gasteiger partial charge < -0.3 is 5.73 Å². The Morgan fingerprint density at radius 1 is 1.06 bits per heavy atom. The first-order valence-corrected chi connectivity index (χ1v) is 6.87. The van der Waals surface area contributed by atoms with Crippen LogP contribution in [0.2, 0.25) is 0 Å². The molecule has 0 bridgehead atoms. The highest BCUT2D eigenvalue weighted by Gasteiger charge is 2.13. The van der Waals surface area contributed by atoms with Crippen molar-refractivity contribution >= 4 is 10.0 Å². The molecule has 1 aromatic carbocycles. The maximum Gasteiger partial charge on any atom is 0.242 e. The van der Waals surface area contributed by atoms with Gasteiger partial charge in [0.25, 0.3) is 0 Å². The van der Waals surface area contributed by atoms with Gasteiger partial charge in [0.2, 0.25) is 10.0 Å². The number of aromatic nitrogens is 1. The van der Waals surface area contributed by atoms with Crippen molar-refractivity contribution in [1.29, 1.82) is 0 Å². The first kappa shape index (κ1) is 11.9. The van der Waals surface area contributed by atoms with E-state index in [0.29, 0.717) is 6.54 Å². The number of nitrogens with two attached hydrogens (primary N) is 1. The van der Waals surface area contributed by atoms with E-state index >= 15 is 0 Å². The summed E-state index contributed by atoms with van der Waals surface area (Å²) >= 11 is 0. The van der Waals surface area contributed by atoms with Crippen LogP contribution < -0.4 is 5.73 Å². The lowest BCUT2D eigenvalue weighted by atomic mass is 10.2. The summed E-state index contributed by atoms with van der Waals surface area (Å²) in [5.74, 6) is -0.00741. The molecule has 0 radical (unpaired) electrons. The van der Waals surface area contributed by atoms with E-state index in [1.54, 1.807) is 24.4 Å². The molecule has 0 saturated carbocycles. The zero-order chi connectivity index (χ0) is 12.3. The molecule has 5 heteroatoms. The maximum atomic E-state index is 12.1. The minimum absolute atomic E-state index is 0.00741. The van der Waals surface area contributed by atoms with Crippen molar-refractivity contribution in [2.24, 2.45) is 5.73 Å². The SMILES string of the molecule is NCc1ccn(S(=O)(=O)Cc2ccccc2)c1. The van der Waals surface area contributed by atoms with E-state index in [2.05, 4.69) is 0 Å². The fourth-order valence-electron chi connectivity index (χ4n) is 1.57. The van der Waals surface area contributed by atoms with Crippen molar-refractivity contribution in [2.45, 2.75) is 12.3 Å². The summed E-state index contributed by atoms with van der Waals surface area (Å²) < 4.78 is 25.3. The van der Waals surface area contributed by atoms with Crippen LogP contribution in [0.5, 0.6) is 0 Å². The van der Waals surface area contributed by atoms with Crippen LogP contribution in [-0.4, -0.2) is 12.4 Å². The second kappa shape index (κ2) is 4.73. The van der Waals surface area contributed by atoms with Gasteiger partial charge in [0.1, 0.15) is 0 Å². The first-order chi connectivity index (χ1) is 8.12. The van der Waals surface area contributed by atoms with Gasteiger partial charge >= 0.3 is 0 Å². The third-order valence-corrected chi connectivity index (χ3v) is 4.05. The second-order valence-corrected chi connectivity index (χ2v) is 5.67. The Labute approximate surface area is 101 Å². The highest BCUT2D eigenvalue weighted by molar-refractivity contribution is 7.89. The van der Waals surface area contributed by atoms with Crippen molar-refractivity contribution in [3.8, 4) is 0 Å². The van der Waals surface area contributed by atoms with Crippen LogP contribution in [0.1, 0.15) is 11.1 Å². The van der Waals surface area contributed by atoms with E-state index in [-0.39, 0.29) is 5.75 Å². The van der Waals surface area contributed by atoms with Crippen LogP contribution in [0.4, 0.5) is 0 Å². The number of benzene rings is 1. The van der Waals surface area contributed by atoms with Crippen LogP contribution in [0.15, 0.2) is 48.8 Å². The van der Waals surface area contributed by atoms with Crippen molar-refractivity contribution in [2.75, 3.05) is 0 Å². The molecule has 0 aliphatic carbocycles. The van der Waals surface area contributed by atoms with Gasteiger partial charge in [-0.1, -0.05) is 30.3 Å². The van der Waals surface area contributed by atoms with Crippen LogP contribution >= 0.6 is 0 Å². The highest BCUT2D eigenvalue weighted by atomic mass is 32.2. The van der Waals surface area contributed by atoms with E-state index in [1.165, 1.54) is 10.2 Å². The van der Waals surface area contributed by atoms with E-state index < -0.39 is 10.0 Å². The minimum atomic E-state index is -3.34. The van der Waals surface area contributed by atoms with E-state index in [0.717, 1.165) is 11.1 Å². The number of hydrogen-bond donors (Lipinski definition) is 1. The van der Waals surface area contributed by atoms with Gasteiger partial charge in [-0.05, 0) is 17.2 Å². The monoisotopic (exact) mass is 250 g/mol. The summed E-state index contributed by atoms with van der Waals surface area (Å²) in [7, 11) is -3.34. The summed E-state index contributed by atoms with van der Waals surface area (Å²) in [5, 5.41) is 0. The first-order valence-electron chi connectivity index (χ1n) is 5.26. The second-order valence-electron chi connectivity index (χ2n) is 3.80. The van der Waals surface area contributed by atoms with Gasteiger partial charge in [-0.25, -0.2) is 8.42 Å². The maximum absolute atomic E-state index is 12.1. The zero-order valence-corrected chi connectivity index (χ0v) is 10.1. The topological polar surface area (TPSA) is 65.1 Å². The molecule has 17 heavy (non-hydrogen) atoms. The summed E-state index contributed by atoms with van der Waals surface area (Å²) in [5.41, 5.74) is 7.03. The Balaban J connectivity index is 2.25. The van der Waals surface area contributed by atoms with Crippen molar-refractivity contribution < 1.29 is 8.42 Å². The number of hydrogen-bond acceptors (Lipinski definition) is 3. The predicted molar refractivity (Wildman–Crippen MR) is 66.8 cm³/mol. The molecule has 0 amide bonds. The van der Waals surface area contributed by atoms with Crippen LogP contribution in [0.3, 0.4) is 0 Å². The Morgan fingerprint density at radius 2 is 1.76 bits per heavy atom. The Kier molecular flexibility index (Phi) is 3.31. The minimum Gasteiger partial charge on any atom is -0.326 e. The van der Waals surface area contributed by atoms with Crippen LogP contribution in [0.25, 0.3) is 0 Å². The molecule has 2 rings (SSSR count). The average molecular weight is 250 g/mol. The summed E-state index contributed by atoms with van der Waals surface area (Å²) in [4.78, 5) is 0. The van der Waals surface area contributed by atoms with Crippen LogP contribution in [-0.2, 0) is 22.3 Å². The molecule has 1 aromatic heterocycles. The quantitative estimate of drug-likeness (QED) is 0.890. The molecule has 2 N–H and O–H groups in total. The summed E-state index contributed by atoms with van der Waals surface area (Å²) in [6.45, 7) is 0.341. The Hall–Kier alpha value is -1.59. The largest absolute Gasteiger partial charge is 0.326 e. The molecule has 0 aliphatic heterocycles. The Morgan fingerprint density at radius 3 is 2.35 bits per heavy atom. The zero-order valence-electron chi connectivity index (χ0n) is 9.28. The van der Waals surface area contributed by atoms with Crippen molar-refractivity contribution in [3.05, 3.63) is 59.9 Å². The fraction of sp³-hybridized carbons (Fsp3) is 0.167. The molecular weight excluding hydrogens is 236 g/mol. The summed E-state index contributed by atoms with van der Waals surface area (Å²) in [6, 6.07) is 10.8. The lowest BCUT2D eigenvalue weighted by molar-refractivity contribution is 0.586. The molecule has 1 heterocycles. The van der Waals surface area contributed by atoms with E-state index in [4.69, 9.17) is 5.73 Å². The molecular formula is C12H14N2O2S. The number of nitrogens with zero attached hydrogens (tertiary/aromatic N) is 1. The molecule has 2 aromatic rings. The third-order valence-electron chi connectivity index (χ3n) is 2.48. The van der Waals surface area contributed by atoms with Gasteiger partial charge in [-0.15, -0.1) is 0 Å². The highest BCUT2D eigenvalue weighted by Crippen LogP contribution is 2.10. The lowest BCUT2D eigenvalue weighted by Crippen LogP contribution is -2.13. The normalized spacial score (nSPS) is 11.6. The van der Waals surface area contributed by atoms with E-state index in [1.807, 2.05) is 18.2 Å². The smallest absolute Gasteiger partial charge is 0.242 e. The van der Waals surface area contributed by atoms with Crippen molar-refractivity contribution in [1.82, 2.24) is 3.97 Å². The van der Waals surface area contributed by atoms with Gasteiger partial charge in [0.05, 0.1) is 5.75 Å². The summed E-state index contributed by atoms with van der Waals surface area (Å²) in [6.07, 6.45) is 3.08. The predicted octanol–water partition coefficient (Wildman–Crippen LogP) is 1.32. The molecule has 0 unspecified atom stereocenters. The van der Waals surface area contributed by atoms with E-state index in [9.17, 15) is 8.42 Å². The lowest BCUT2D eigenvalue weighted by Gasteiger charge is -2.05. The van der Waals surface area contributed by atoms with Gasteiger partial charge in [0, 0.05) is 18.9 Å². The standard InChI is InChI=1S/C12H14N2O2S/c13-8-12-6-7-14(9-12)17(15,16)10-11-4-2-1-3-5-11/h1-7,9H,8,10,13H2. The van der Waals surface area contributed by atoms with Crippen molar-refractivity contribution in [3.63, 3.8) is 0 Å². The molecule has 0 atom stereocenters. The fourth-order valence-corrected chi connectivity index (χ4v) is 2.88. The molecule has 4 nitrogen and oxygen atoms in total. The Bertz CT molecular complexity index is 588. The average Bonchev–Trinajstić information content (AvgIpc) is 2.79. The van der Waals surface area contributed by atoms with Crippen LogP contribution in [0, 0.1) is 0 Å². The number of rotatable bonds is 4.